The molecule has 7 aromatic carbocycles. The van der Waals surface area contributed by atoms with Crippen molar-refractivity contribution in [2.75, 3.05) is 0 Å². The lowest BCUT2D eigenvalue weighted by atomic mass is 9.95. The van der Waals surface area contributed by atoms with Gasteiger partial charge in [0.15, 0.2) is 0 Å². The van der Waals surface area contributed by atoms with Crippen molar-refractivity contribution in [3.63, 3.8) is 0 Å². The Morgan fingerprint density at radius 2 is 1.24 bits per heavy atom. The minimum absolute atomic E-state index is 0.739. The fraction of sp³-hybridized carbons (Fsp3) is 0.100. The second-order valence-electron chi connectivity index (χ2n) is 17.9. The Bertz CT molecular complexity index is 3860. The Balaban J connectivity index is 0.000000369. The number of thiophene rings is 1. The molecular formula is C70H65N3S. The monoisotopic (exact) mass is 979 g/mol. The highest BCUT2D eigenvalue weighted by molar-refractivity contribution is 7.26. The Kier molecular flexibility index (Phi) is 17.0. The number of aliphatic imine (C=N–C) groups is 1. The summed E-state index contributed by atoms with van der Waals surface area (Å²) in [6, 6.07) is 56.2. The van der Waals surface area contributed by atoms with E-state index in [1.165, 1.54) is 75.2 Å². The Morgan fingerprint density at radius 1 is 0.608 bits per heavy atom. The zero-order valence-electron chi connectivity index (χ0n) is 43.8. The molecule has 0 atom stereocenters. The summed E-state index contributed by atoms with van der Waals surface area (Å²) in [5.74, 6) is 0. The van der Waals surface area contributed by atoms with Gasteiger partial charge in [0.05, 0.1) is 38.4 Å². The molecule has 0 N–H and O–H groups in total. The van der Waals surface area contributed by atoms with Gasteiger partial charge in [-0.25, -0.2) is 4.99 Å². The molecule has 366 valence electrons. The molecule has 0 saturated heterocycles. The predicted octanol–water partition coefficient (Wildman–Crippen LogP) is 20.6. The van der Waals surface area contributed by atoms with E-state index in [1.807, 2.05) is 80.7 Å². The summed E-state index contributed by atoms with van der Waals surface area (Å²) in [6.45, 7) is 26.6. The summed E-state index contributed by atoms with van der Waals surface area (Å²) in [5, 5.41) is 6.18. The van der Waals surface area contributed by atoms with Crippen molar-refractivity contribution in [2.45, 2.75) is 48.5 Å². The number of rotatable bonds is 8. The fourth-order valence-corrected chi connectivity index (χ4v) is 10.7. The van der Waals surface area contributed by atoms with Crippen LogP contribution in [0.4, 0.5) is 0 Å². The Hall–Kier alpha value is -8.57. The van der Waals surface area contributed by atoms with Crippen LogP contribution in [0.25, 0.3) is 93.2 Å². The number of fused-ring (bicyclic) bond motifs is 8. The second kappa shape index (κ2) is 24.2. The molecular weight excluding hydrogens is 915 g/mol. The van der Waals surface area contributed by atoms with Crippen LogP contribution in [-0.2, 0) is 0 Å². The van der Waals surface area contributed by atoms with Crippen LogP contribution in [0, 0.1) is 13.8 Å². The van der Waals surface area contributed by atoms with E-state index >= 15 is 0 Å². The first-order chi connectivity index (χ1) is 36.2. The number of allylic oxidation sites excluding steroid dienone is 12. The third kappa shape index (κ3) is 10.6. The van der Waals surface area contributed by atoms with Crippen LogP contribution in [0.1, 0.15) is 62.6 Å². The van der Waals surface area contributed by atoms with Crippen LogP contribution in [0.2, 0.25) is 0 Å². The van der Waals surface area contributed by atoms with Crippen LogP contribution in [0.15, 0.2) is 249 Å². The lowest BCUT2D eigenvalue weighted by Gasteiger charge is -2.16. The molecule has 10 aromatic rings. The van der Waals surface area contributed by atoms with E-state index in [0.717, 1.165) is 45.1 Å². The summed E-state index contributed by atoms with van der Waals surface area (Å²) in [5.41, 5.74) is 16.9. The van der Waals surface area contributed by atoms with Gasteiger partial charge in [-0.15, -0.1) is 11.3 Å². The summed E-state index contributed by atoms with van der Waals surface area (Å²) in [6.07, 6.45) is 24.3. The molecule has 0 unspecified atom stereocenters. The molecule has 0 fully saturated rings. The van der Waals surface area contributed by atoms with Crippen molar-refractivity contribution < 1.29 is 0 Å². The van der Waals surface area contributed by atoms with Gasteiger partial charge >= 0.3 is 0 Å². The molecule has 3 nitrogen and oxygen atoms in total. The number of aromatic nitrogens is 2. The van der Waals surface area contributed by atoms with Gasteiger partial charge in [-0.2, -0.15) is 0 Å². The molecule has 11 rings (SSSR count). The third-order valence-corrected chi connectivity index (χ3v) is 14.4. The normalized spacial score (nSPS) is 13.4. The number of benzene rings is 7. The maximum Gasteiger partial charge on any atom is 0.0726 e. The molecule has 0 amide bonds. The third-order valence-electron chi connectivity index (χ3n) is 13.3. The molecule has 0 aliphatic heterocycles. The zero-order chi connectivity index (χ0) is 52.1. The maximum atomic E-state index is 5.11. The average molecular weight is 980 g/mol. The summed E-state index contributed by atoms with van der Waals surface area (Å²) in [4.78, 5) is 5.11. The van der Waals surface area contributed by atoms with E-state index in [2.05, 4.69) is 233 Å². The number of hydrogen-bond acceptors (Lipinski definition) is 2. The molecule has 74 heavy (non-hydrogen) atoms. The van der Waals surface area contributed by atoms with Crippen LogP contribution in [0.3, 0.4) is 0 Å². The molecule has 1 aliphatic carbocycles. The molecule has 0 radical (unpaired) electrons. The minimum Gasteiger partial charge on any atom is -0.311 e. The van der Waals surface area contributed by atoms with Crippen molar-refractivity contribution in [3.05, 3.63) is 272 Å². The molecule has 4 heteroatoms. The number of hydrogen-bond donors (Lipinski definition) is 0. The number of para-hydroxylation sites is 2. The van der Waals surface area contributed by atoms with Crippen molar-refractivity contribution in [2.24, 2.45) is 4.99 Å². The number of aryl methyl sites for hydroxylation is 2. The highest BCUT2D eigenvalue weighted by Crippen LogP contribution is 2.48. The first kappa shape index (κ1) is 51.8. The maximum absolute atomic E-state index is 5.11. The van der Waals surface area contributed by atoms with Gasteiger partial charge < -0.3 is 9.13 Å². The summed E-state index contributed by atoms with van der Waals surface area (Å²) in [7, 11) is 0. The van der Waals surface area contributed by atoms with Crippen molar-refractivity contribution in [3.8, 4) is 16.8 Å². The lowest BCUT2D eigenvalue weighted by Crippen LogP contribution is -2.07. The van der Waals surface area contributed by atoms with E-state index in [-0.39, 0.29) is 0 Å². The van der Waals surface area contributed by atoms with Crippen molar-refractivity contribution in [1.82, 2.24) is 9.13 Å². The van der Waals surface area contributed by atoms with Gasteiger partial charge in [-0.3, -0.25) is 0 Å². The van der Waals surface area contributed by atoms with E-state index in [1.54, 1.807) is 6.08 Å². The molecule has 1 aliphatic rings. The molecule has 0 bridgehead atoms. The first-order valence-corrected chi connectivity index (χ1v) is 26.1. The van der Waals surface area contributed by atoms with E-state index in [9.17, 15) is 0 Å². The highest BCUT2D eigenvalue weighted by Gasteiger charge is 2.24. The Labute approximate surface area is 442 Å². The zero-order valence-corrected chi connectivity index (χ0v) is 44.6. The van der Waals surface area contributed by atoms with Crippen LogP contribution >= 0.6 is 11.3 Å². The van der Waals surface area contributed by atoms with Gasteiger partial charge in [-0.1, -0.05) is 196 Å². The largest absolute Gasteiger partial charge is 0.311 e. The SMILES string of the molecule is C/C=C/C.C=C/C=C\C.C=Cc1c(/C=C\C)c2cc(-c3cc4c5ccccc5n(/C(C)=C5\C=CC=CC5=NC(=C)c5ccccc5)c4c4sc5ccccc5c34)ccc2n1-c1ccccc1.Cc1ccccc1C. The van der Waals surface area contributed by atoms with Crippen molar-refractivity contribution in [1.29, 1.82) is 0 Å². The van der Waals surface area contributed by atoms with E-state index in [4.69, 9.17) is 4.99 Å². The van der Waals surface area contributed by atoms with Gasteiger partial charge in [0.2, 0.25) is 0 Å². The van der Waals surface area contributed by atoms with Gasteiger partial charge in [0.25, 0.3) is 0 Å². The Morgan fingerprint density at radius 3 is 1.88 bits per heavy atom. The minimum atomic E-state index is 0.739. The van der Waals surface area contributed by atoms with Gasteiger partial charge in [0, 0.05) is 54.2 Å². The first-order valence-electron chi connectivity index (χ1n) is 25.3. The van der Waals surface area contributed by atoms with Crippen LogP contribution < -0.4 is 0 Å². The van der Waals surface area contributed by atoms with Crippen LogP contribution in [-0.4, -0.2) is 14.8 Å². The molecule has 0 saturated carbocycles. The van der Waals surface area contributed by atoms with Gasteiger partial charge in [0.1, 0.15) is 0 Å². The predicted molar refractivity (Wildman–Crippen MR) is 331 cm³/mol. The topological polar surface area (TPSA) is 22.2 Å². The number of nitrogens with zero attached hydrogens (tertiary/aromatic N) is 3. The quantitative estimate of drug-likeness (QED) is 0.107. The molecule has 3 heterocycles. The molecule has 3 aromatic heterocycles. The van der Waals surface area contributed by atoms with E-state index in [0.29, 0.717) is 0 Å². The second-order valence-corrected chi connectivity index (χ2v) is 19.0. The van der Waals surface area contributed by atoms with Gasteiger partial charge in [-0.05, 0) is 131 Å². The van der Waals surface area contributed by atoms with E-state index < -0.39 is 0 Å². The fourth-order valence-electron chi connectivity index (χ4n) is 9.44. The van der Waals surface area contributed by atoms with Crippen LogP contribution in [0.5, 0.6) is 0 Å². The summed E-state index contributed by atoms with van der Waals surface area (Å²) >= 11 is 1.88. The lowest BCUT2D eigenvalue weighted by molar-refractivity contribution is 1.11. The summed E-state index contributed by atoms with van der Waals surface area (Å²) < 4.78 is 7.33. The smallest absolute Gasteiger partial charge is 0.0726 e. The average Bonchev–Trinajstić information content (AvgIpc) is 4.10. The standard InChI is InChI=1S/C53H39N3S.C8H10.C5H8.C4H8/c1-5-19-40-44-32-37(30-31-49(44)56(47(40)6-2)38-22-11-8-12-23-38)43-33-45-41-25-14-17-28-48(41)55(52(45)53-51(43)42-26-15-18-29-50(42)57-53)35(4)39-24-13-16-27-46(39)54-34(3)36-20-9-7-10-21-36;1-7-5-3-4-6-8(7)2;1-3-5-4-2;1-3-4-2/h5-33H,2-3H2,1,4H3;3-6H,1-2H3;3-5H,1H2,2H3;3-4H,1-2H3/b19-5-,39-35+,54-46?;;5-4-;4-3+. The van der Waals surface area contributed by atoms with Crippen molar-refractivity contribution >= 4 is 93.5 Å². The highest BCUT2D eigenvalue weighted by atomic mass is 32.1. The molecule has 0 spiro atoms.